The highest BCUT2D eigenvalue weighted by Gasteiger charge is 2.10. The predicted octanol–water partition coefficient (Wildman–Crippen LogP) is 1.56. The van der Waals surface area contributed by atoms with Gasteiger partial charge in [-0.15, -0.1) is 0 Å². The topological polar surface area (TPSA) is 86.2 Å². The SMILES string of the molecule is O=C(Cn1ccn(-c2cccc(Cl)c2)c(=O)c1=O)NCc1ccco1. The van der Waals surface area contributed by atoms with E-state index >= 15 is 0 Å². The number of carbonyl (C=O) groups is 1. The van der Waals surface area contributed by atoms with Crippen molar-refractivity contribution in [3.05, 3.63) is 86.5 Å². The lowest BCUT2D eigenvalue weighted by molar-refractivity contribution is -0.122. The summed E-state index contributed by atoms with van der Waals surface area (Å²) in [6.45, 7) is -0.0503. The standard InChI is InChI=1S/C17H14ClN3O4/c18-12-3-1-4-13(9-12)21-7-6-20(16(23)17(21)24)11-15(22)19-10-14-5-2-8-25-14/h1-9H,10-11H2,(H,19,22). The van der Waals surface area contributed by atoms with Crippen LogP contribution in [0.1, 0.15) is 5.76 Å². The minimum Gasteiger partial charge on any atom is -0.467 e. The molecule has 0 aliphatic carbocycles. The van der Waals surface area contributed by atoms with E-state index in [0.717, 1.165) is 4.57 Å². The Hall–Kier alpha value is -3.06. The lowest BCUT2D eigenvalue weighted by atomic mass is 10.3. The van der Waals surface area contributed by atoms with Crippen LogP contribution in [0.15, 0.2) is 69.1 Å². The maximum Gasteiger partial charge on any atom is 0.320 e. The van der Waals surface area contributed by atoms with E-state index in [1.165, 1.54) is 23.2 Å². The second kappa shape index (κ2) is 7.23. The molecule has 1 amide bonds. The molecule has 8 heteroatoms. The van der Waals surface area contributed by atoms with Gasteiger partial charge in [-0.3, -0.25) is 23.5 Å². The summed E-state index contributed by atoms with van der Waals surface area (Å²) in [5.74, 6) is 0.190. The number of aromatic nitrogens is 2. The summed E-state index contributed by atoms with van der Waals surface area (Å²) in [6, 6.07) is 10.0. The van der Waals surface area contributed by atoms with Gasteiger partial charge in [0.25, 0.3) is 0 Å². The third-order valence-electron chi connectivity index (χ3n) is 3.50. The number of halogens is 1. The number of carbonyl (C=O) groups excluding carboxylic acids is 1. The fraction of sp³-hybridized carbons (Fsp3) is 0.118. The Bertz CT molecular complexity index is 1010. The normalized spacial score (nSPS) is 10.6. The monoisotopic (exact) mass is 359 g/mol. The Morgan fingerprint density at radius 2 is 1.96 bits per heavy atom. The van der Waals surface area contributed by atoms with E-state index in [1.807, 2.05) is 0 Å². The molecule has 0 bridgehead atoms. The summed E-state index contributed by atoms with van der Waals surface area (Å²) in [5.41, 5.74) is -1.08. The molecule has 0 radical (unpaired) electrons. The highest BCUT2D eigenvalue weighted by Crippen LogP contribution is 2.12. The molecule has 0 aliphatic rings. The molecular weight excluding hydrogens is 346 g/mol. The van der Waals surface area contributed by atoms with Gasteiger partial charge in [0.2, 0.25) is 5.91 Å². The second-order valence-corrected chi connectivity index (χ2v) is 5.68. The van der Waals surface area contributed by atoms with Crippen LogP contribution in [0.5, 0.6) is 0 Å². The van der Waals surface area contributed by atoms with Crippen molar-refractivity contribution in [1.82, 2.24) is 14.5 Å². The zero-order chi connectivity index (χ0) is 17.8. The van der Waals surface area contributed by atoms with E-state index in [1.54, 1.807) is 36.4 Å². The molecule has 7 nitrogen and oxygen atoms in total. The van der Waals surface area contributed by atoms with Crippen molar-refractivity contribution < 1.29 is 9.21 Å². The molecule has 2 heterocycles. The molecule has 0 spiro atoms. The van der Waals surface area contributed by atoms with Crippen LogP contribution in [0.3, 0.4) is 0 Å². The number of hydrogen-bond acceptors (Lipinski definition) is 4. The zero-order valence-electron chi connectivity index (χ0n) is 13.0. The van der Waals surface area contributed by atoms with Gasteiger partial charge < -0.3 is 9.73 Å². The van der Waals surface area contributed by atoms with Crippen molar-refractivity contribution in [3.63, 3.8) is 0 Å². The van der Waals surface area contributed by atoms with Crippen molar-refractivity contribution in [3.8, 4) is 5.69 Å². The van der Waals surface area contributed by atoms with E-state index in [0.29, 0.717) is 16.5 Å². The highest BCUT2D eigenvalue weighted by molar-refractivity contribution is 6.30. The van der Waals surface area contributed by atoms with Gasteiger partial charge in [-0.05, 0) is 30.3 Å². The summed E-state index contributed by atoms with van der Waals surface area (Å²) in [6.07, 6.45) is 4.31. The molecule has 3 aromatic rings. The first kappa shape index (κ1) is 16.8. The molecule has 0 saturated carbocycles. The van der Waals surface area contributed by atoms with Crippen molar-refractivity contribution in [2.45, 2.75) is 13.1 Å². The number of amides is 1. The molecule has 3 rings (SSSR count). The highest BCUT2D eigenvalue weighted by atomic mass is 35.5. The van der Waals surface area contributed by atoms with Crippen LogP contribution in [0.25, 0.3) is 5.69 Å². The predicted molar refractivity (Wildman–Crippen MR) is 91.9 cm³/mol. The molecule has 1 aromatic carbocycles. The summed E-state index contributed by atoms with van der Waals surface area (Å²) >= 11 is 5.90. The van der Waals surface area contributed by atoms with Crippen LogP contribution in [-0.4, -0.2) is 15.0 Å². The van der Waals surface area contributed by atoms with Gasteiger partial charge in [-0.2, -0.15) is 0 Å². The zero-order valence-corrected chi connectivity index (χ0v) is 13.8. The van der Waals surface area contributed by atoms with E-state index in [-0.39, 0.29) is 13.1 Å². The molecule has 0 fully saturated rings. The first-order valence-electron chi connectivity index (χ1n) is 7.42. The van der Waals surface area contributed by atoms with E-state index in [2.05, 4.69) is 5.32 Å². The first-order valence-corrected chi connectivity index (χ1v) is 7.79. The molecule has 25 heavy (non-hydrogen) atoms. The van der Waals surface area contributed by atoms with Crippen LogP contribution in [0.2, 0.25) is 5.02 Å². The number of furan rings is 1. The summed E-state index contributed by atoms with van der Waals surface area (Å²) in [4.78, 5) is 36.4. The smallest absolute Gasteiger partial charge is 0.320 e. The Morgan fingerprint density at radius 1 is 1.12 bits per heavy atom. The first-order chi connectivity index (χ1) is 12.0. The number of hydrogen-bond donors (Lipinski definition) is 1. The summed E-state index contributed by atoms with van der Waals surface area (Å²) < 4.78 is 7.35. The second-order valence-electron chi connectivity index (χ2n) is 5.24. The summed E-state index contributed by atoms with van der Waals surface area (Å²) in [5, 5.41) is 3.07. The summed E-state index contributed by atoms with van der Waals surface area (Å²) in [7, 11) is 0. The van der Waals surface area contributed by atoms with Crippen molar-refractivity contribution >= 4 is 17.5 Å². The Morgan fingerprint density at radius 3 is 2.68 bits per heavy atom. The number of benzene rings is 1. The lowest BCUT2D eigenvalue weighted by Gasteiger charge is -2.09. The molecular formula is C17H14ClN3O4. The molecule has 2 aromatic heterocycles. The Kier molecular flexibility index (Phi) is 4.85. The van der Waals surface area contributed by atoms with Crippen LogP contribution in [-0.2, 0) is 17.9 Å². The average Bonchev–Trinajstić information content (AvgIpc) is 3.11. The van der Waals surface area contributed by atoms with E-state index < -0.39 is 17.0 Å². The fourth-order valence-corrected chi connectivity index (χ4v) is 2.46. The maximum atomic E-state index is 12.3. The fourth-order valence-electron chi connectivity index (χ4n) is 2.27. The molecule has 1 N–H and O–H groups in total. The van der Waals surface area contributed by atoms with Crippen LogP contribution in [0, 0.1) is 0 Å². The van der Waals surface area contributed by atoms with Gasteiger partial charge in [-0.1, -0.05) is 17.7 Å². The van der Waals surface area contributed by atoms with Crippen molar-refractivity contribution in [2.75, 3.05) is 0 Å². The third-order valence-corrected chi connectivity index (χ3v) is 3.73. The molecule has 128 valence electrons. The number of rotatable bonds is 5. The van der Waals surface area contributed by atoms with E-state index in [9.17, 15) is 14.4 Å². The quantitative estimate of drug-likeness (QED) is 0.700. The van der Waals surface area contributed by atoms with Gasteiger partial charge in [-0.25, -0.2) is 0 Å². The Balaban J connectivity index is 1.77. The Labute approximate surface area is 147 Å². The molecule has 0 aliphatic heterocycles. The van der Waals surface area contributed by atoms with Crippen LogP contribution < -0.4 is 16.4 Å². The molecule has 0 saturated heterocycles. The van der Waals surface area contributed by atoms with E-state index in [4.69, 9.17) is 16.0 Å². The third kappa shape index (κ3) is 3.89. The largest absolute Gasteiger partial charge is 0.467 e. The van der Waals surface area contributed by atoms with Crippen molar-refractivity contribution in [1.29, 1.82) is 0 Å². The minimum absolute atomic E-state index is 0.208. The number of nitrogens with one attached hydrogen (secondary N) is 1. The lowest BCUT2D eigenvalue weighted by Crippen LogP contribution is -2.42. The maximum absolute atomic E-state index is 12.3. The van der Waals surface area contributed by atoms with Gasteiger partial charge in [0.15, 0.2) is 0 Å². The van der Waals surface area contributed by atoms with Gasteiger partial charge in [0, 0.05) is 17.4 Å². The molecule has 0 unspecified atom stereocenters. The molecule has 0 atom stereocenters. The van der Waals surface area contributed by atoms with Gasteiger partial charge in [0.05, 0.1) is 18.5 Å². The van der Waals surface area contributed by atoms with Crippen LogP contribution in [0.4, 0.5) is 0 Å². The van der Waals surface area contributed by atoms with Gasteiger partial charge in [0.1, 0.15) is 12.3 Å². The van der Waals surface area contributed by atoms with Crippen molar-refractivity contribution in [2.24, 2.45) is 0 Å². The number of nitrogens with zero attached hydrogens (tertiary/aromatic N) is 2. The van der Waals surface area contributed by atoms with Crippen LogP contribution >= 0.6 is 11.6 Å². The minimum atomic E-state index is -0.796. The average molecular weight is 360 g/mol. The van der Waals surface area contributed by atoms with Gasteiger partial charge >= 0.3 is 11.1 Å².